The molecule has 1 fully saturated rings. The van der Waals surface area contributed by atoms with Crippen LogP contribution < -0.4 is 0 Å². The molecule has 136 valence electrons. The molecule has 0 aliphatic carbocycles. The molecule has 1 aromatic carbocycles. The summed E-state index contributed by atoms with van der Waals surface area (Å²) in [6, 6.07) is 7.98. The number of morpholine rings is 1. The highest BCUT2D eigenvalue weighted by molar-refractivity contribution is 5.90. The van der Waals surface area contributed by atoms with E-state index in [1.807, 2.05) is 13.0 Å². The molecule has 0 radical (unpaired) electrons. The van der Waals surface area contributed by atoms with Crippen molar-refractivity contribution in [1.29, 1.82) is 0 Å². The van der Waals surface area contributed by atoms with Crippen LogP contribution in [0.25, 0.3) is 10.9 Å². The molecule has 0 amide bonds. The number of unbranched alkanes of at least 4 members (excludes halogenated alkanes) is 1. The smallest absolute Gasteiger partial charge is 0.328 e. The highest BCUT2D eigenvalue weighted by Crippen LogP contribution is 2.32. The molecule has 1 unspecified atom stereocenters. The van der Waals surface area contributed by atoms with E-state index < -0.39 is 0 Å². The molecule has 1 aliphatic rings. The van der Waals surface area contributed by atoms with Gasteiger partial charge in [0.25, 0.3) is 0 Å². The summed E-state index contributed by atoms with van der Waals surface area (Å²) in [7, 11) is 0. The fourth-order valence-corrected chi connectivity index (χ4v) is 3.54. The largest absolute Gasteiger partial charge is 0.465 e. The van der Waals surface area contributed by atoms with Gasteiger partial charge in [-0.25, -0.2) is 4.79 Å². The first-order chi connectivity index (χ1) is 12.3. The molecule has 0 spiro atoms. The summed E-state index contributed by atoms with van der Waals surface area (Å²) in [5.74, 6) is -0.164. The molecule has 0 saturated carbocycles. The van der Waals surface area contributed by atoms with Crippen molar-refractivity contribution in [3.05, 3.63) is 36.0 Å². The van der Waals surface area contributed by atoms with Crippen LogP contribution in [0.5, 0.6) is 0 Å². The summed E-state index contributed by atoms with van der Waals surface area (Å²) < 4.78 is 13.2. The Morgan fingerprint density at radius 2 is 2.00 bits per heavy atom. The summed E-state index contributed by atoms with van der Waals surface area (Å²) in [4.78, 5) is 15.0. The summed E-state index contributed by atoms with van der Waals surface area (Å²) in [6.07, 6.45) is 4.42. The van der Waals surface area contributed by atoms with Crippen LogP contribution in [0.4, 0.5) is 0 Å². The number of aromatic nitrogens is 1. The van der Waals surface area contributed by atoms with Gasteiger partial charge in [-0.05, 0) is 19.4 Å². The summed E-state index contributed by atoms with van der Waals surface area (Å²) in [5.41, 5.74) is 2.24. The van der Waals surface area contributed by atoms with Crippen molar-refractivity contribution < 1.29 is 14.3 Å². The molecule has 1 aromatic heterocycles. The number of carbonyl (C=O) groups excluding carboxylic acids is 1. The number of rotatable bonds is 7. The highest BCUT2D eigenvalue weighted by atomic mass is 16.5. The van der Waals surface area contributed by atoms with E-state index in [1.165, 1.54) is 5.52 Å². The second kappa shape index (κ2) is 8.50. The van der Waals surface area contributed by atoms with E-state index in [-0.39, 0.29) is 12.0 Å². The molecule has 0 N–H and O–H groups in total. The number of hydrogen-bond donors (Lipinski definition) is 0. The number of para-hydroxylation sites is 1. The molecular formula is C20H28N2O3. The number of nitrogens with zero attached hydrogens (tertiary/aromatic N) is 2. The van der Waals surface area contributed by atoms with E-state index >= 15 is 0 Å². The predicted molar refractivity (Wildman–Crippen MR) is 98.6 cm³/mol. The lowest BCUT2D eigenvalue weighted by atomic mass is 10.0. The van der Waals surface area contributed by atoms with E-state index in [0.29, 0.717) is 19.8 Å². The molecule has 5 heteroatoms. The van der Waals surface area contributed by atoms with E-state index in [0.717, 1.165) is 43.4 Å². The Morgan fingerprint density at radius 1 is 1.24 bits per heavy atom. The van der Waals surface area contributed by atoms with Crippen LogP contribution in [0.2, 0.25) is 0 Å². The van der Waals surface area contributed by atoms with Crippen molar-refractivity contribution >= 4 is 16.9 Å². The SMILES string of the molecule is CCCCn1cc(C(C(=O)OCC)N2CCOCC2)c2ccccc21. The van der Waals surface area contributed by atoms with Crippen molar-refractivity contribution in [2.45, 2.75) is 39.3 Å². The number of ether oxygens (including phenoxy) is 2. The second-order valence-corrected chi connectivity index (χ2v) is 6.45. The van der Waals surface area contributed by atoms with Crippen LogP contribution >= 0.6 is 0 Å². The Labute approximate surface area is 149 Å². The second-order valence-electron chi connectivity index (χ2n) is 6.45. The topological polar surface area (TPSA) is 43.7 Å². The number of esters is 1. The van der Waals surface area contributed by atoms with Crippen LogP contribution in [-0.2, 0) is 20.8 Å². The number of hydrogen-bond acceptors (Lipinski definition) is 4. The Kier molecular flexibility index (Phi) is 6.10. The van der Waals surface area contributed by atoms with Crippen molar-refractivity contribution in [3.8, 4) is 0 Å². The normalized spacial score (nSPS) is 16.9. The standard InChI is InChI=1S/C20H28N2O3/c1-3-5-10-22-15-17(16-8-6-7-9-18(16)22)19(20(23)25-4-2)21-11-13-24-14-12-21/h6-9,15,19H,3-5,10-14H2,1-2H3. The molecule has 3 rings (SSSR count). The van der Waals surface area contributed by atoms with Crippen LogP contribution in [0, 0.1) is 0 Å². The molecule has 0 bridgehead atoms. The lowest BCUT2D eigenvalue weighted by Gasteiger charge is -2.32. The minimum atomic E-state index is -0.364. The summed E-state index contributed by atoms with van der Waals surface area (Å²) in [6.45, 7) is 8.23. The van der Waals surface area contributed by atoms with Gasteiger partial charge in [0.2, 0.25) is 0 Å². The molecule has 1 aliphatic heterocycles. The monoisotopic (exact) mass is 344 g/mol. The summed E-state index contributed by atoms with van der Waals surface area (Å²) >= 11 is 0. The quantitative estimate of drug-likeness (QED) is 0.722. The lowest BCUT2D eigenvalue weighted by molar-refractivity contribution is -0.151. The fraction of sp³-hybridized carbons (Fsp3) is 0.550. The maximum atomic E-state index is 12.8. The summed E-state index contributed by atoms with van der Waals surface area (Å²) in [5, 5.41) is 1.14. The van der Waals surface area contributed by atoms with Gasteiger partial charge in [0.1, 0.15) is 6.04 Å². The van der Waals surface area contributed by atoms with Crippen molar-refractivity contribution in [3.63, 3.8) is 0 Å². The van der Waals surface area contributed by atoms with E-state index in [4.69, 9.17) is 9.47 Å². The number of benzene rings is 1. The molecular weight excluding hydrogens is 316 g/mol. The predicted octanol–water partition coefficient (Wildman–Crippen LogP) is 3.38. The lowest BCUT2D eigenvalue weighted by Crippen LogP contribution is -2.42. The van der Waals surface area contributed by atoms with Crippen LogP contribution in [0.3, 0.4) is 0 Å². The zero-order chi connectivity index (χ0) is 17.6. The minimum absolute atomic E-state index is 0.164. The van der Waals surface area contributed by atoms with Gasteiger partial charge < -0.3 is 14.0 Å². The van der Waals surface area contributed by atoms with Gasteiger partial charge in [0.15, 0.2) is 0 Å². The molecule has 1 atom stereocenters. The Hall–Kier alpha value is -1.85. The van der Waals surface area contributed by atoms with Crippen molar-refractivity contribution in [1.82, 2.24) is 9.47 Å². The van der Waals surface area contributed by atoms with Crippen molar-refractivity contribution in [2.75, 3.05) is 32.9 Å². The first kappa shape index (κ1) is 18.0. The number of aryl methyl sites for hydroxylation is 1. The van der Waals surface area contributed by atoms with Crippen LogP contribution in [-0.4, -0.2) is 48.3 Å². The zero-order valence-electron chi connectivity index (χ0n) is 15.2. The third-order valence-electron chi connectivity index (χ3n) is 4.79. The van der Waals surface area contributed by atoms with Gasteiger partial charge in [-0.15, -0.1) is 0 Å². The maximum absolute atomic E-state index is 12.8. The van der Waals surface area contributed by atoms with Gasteiger partial charge >= 0.3 is 5.97 Å². The van der Waals surface area contributed by atoms with Gasteiger partial charge in [0.05, 0.1) is 19.8 Å². The van der Waals surface area contributed by atoms with Gasteiger partial charge in [0, 0.05) is 42.3 Å². The van der Waals surface area contributed by atoms with Gasteiger partial charge in [-0.3, -0.25) is 4.90 Å². The zero-order valence-corrected chi connectivity index (χ0v) is 15.2. The van der Waals surface area contributed by atoms with E-state index in [1.54, 1.807) is 0 Å². The Balaban J connectivity index is 2.03. The fourth-order valence-electron chi connectivity index (χ4n) is 3.54. The van der Waals surface area contributed by atoms with Gasteiger partial charge in [-0.1, -0.05) is 31.5 Å². The third kappa shape index (κ3) is 3.88. The maximum Gasteiger partial charge on any atom is 0.328 e. The first-order valence-electron chi connectivity index (χ1n) is 9.32. The first-order valence-corrected chi connectivity index (χ1v) is 9.32. The molecule has 5 nitrogen and oxygen atoms in total. The van der Waals surface area contributed by atoms with E-state index in [9.17, 15) is 4.79 Å². The molecule has 25 heavy (non-hydrogen) atoms. The average molecular weight is 344 g/mol. The molecule has 2 aromatic rings. The third-order valence-corrected chi connectivity index (χ3v) is 4.79. The van der Waals surface area contributed by atoms with Crippen LogP contribution in [0.15, 0.2) is 30.5 Å². The van der Waals surface area contributed by atoms with Crippen molar-refractivity contribution in [2.24, 2.45) is 0 Å². The van der Waals surface area contributed by atoms with Crippen LogP contribution in [0.1, 0.15) is 38.3 Å². The molecule has 2 heterocycles. The minimum Gasteiger partial charge on any atom is -0.465 e. The Morgan fingerprint density at radius 3 is 2.72 bits per heavy atom. The van der Waals surface area contributed by atoms with Gasteiger partial charge in [-0.2, -0.15) is 0 Å². The Bertz CT molecular complexity index is 704. The molecule has 1 saturated heterocycles. The number of fused-ring (bicyclic) bond motifs is 1. The highest BCUT2D eigenvalue weighted by Gasteiger charge is 2.32. The average Bonchev–Trinajstić information content (AvgIpc) is 3.00. The van der Waals surface area contributed by atoms with E-state index in [2.05, 4.69) is 40.8 Å². The number of carbonyl (C=O) groups is 1.